The molecule has 0 amide bonds. The van der Waals surface area contributed by atoms with Gasteiger partial charge in [-0.1, -0.05) is 26.7 Å². The second-order valence-electron chi connectivity index (χ2n) is 5.82. The van der Waals surface area contributed by atoms with Gasteiger partial charge in [0.2, 0.25) is 5.95 Å². The molecule has 0 atom stereocenters. The zero-order valence-electron chi connectivity index (χ0n) is 12.2. The zero-order valence-corrected chi connectivity index (χ0v) is 12.2. The fraction of sp³-hybridized carbons (Fsp3) is 0.714. The number of nitrogens with one attached hydrogen (secondary N) is 1. The topological polar surface area (TPSA) is 67.1 Å². The number of hydrazine groups is 1. The van der Waals surface area contributed by atoms with Crippen LogP contribution in [0.5, 0.6) is 0 Å². The Hall–Kier alpha value is -1.36. The maximum atomic E-state index is 5.45. The van der Waals surface area contributed by atoms with E-state index in [2.05, 4.69) is 40.2 Å². The molecular formula is C14H25N5. The summed E-state index contributed by atoms with van der Waals surface area (Å²) in [5, 5.41) is 0. The third kappa shape index (κ3) is 3.56. The summed E-state index contributed by atoms with van der Waals surface area (Å²) in [5.74, 6) is 7.57. The van der Waals surface area contributed by atoms with E-state index in [1.807, 2.05) is 6.92 Å². The standard InChI is InChI=1S/C14H25N5/c1-10(2)9-19(12-6-4-5-7-12)13-8-11(3)16-14(17-13)18-15/h8,10,12H,4-7,9,15H2,1-3H3,(H,16,17,18). The second-order valence-corrected chi connectivity index (χ2v) is 5.82. The van der Waals surface area contributed by atoms with Crippen molar-refractivity contribution >= 4 is 11.8 Å². The maximum absolute atomic E-state index is 5.45. The molecule has 1 saturated carbocycles. The van der Waals surface area contributed by atoms with Crippen molar-refractivity contribution in [1.29, 1.82) is 0 Å². The van der Waals surface area contributed by atoms with E-state index in [0.29, 0.717) is 17.9 Å². The summed E-state index contributed by atoms with van der Waals surface area (Å²) in [6.45, 7) is 7.51. The van der Waals surface area contributed by atoms with Crippen molar-refractivity contribution in [2.75, 3.05) is 16.9 Å². The van der Waals surface area contributed by atoms with Crippen molar-refractivity contribution in [2.24, 2.45) is 11.8 Å². The van der Waals surface area contributed by atoms with Crippen molar-refractivity contribution < 1.29 is 0 Å². The predicted molar refractivity (Wildman–Crippen MR) is 79.0 cm³/mol. The van der Waals surface area contributed by atoms with E-state index >= 15 is 0 Å². The quantitative estimate of drug-likeness (QED) is 0.631. The Balaban J connectivity index is 2.28. The van der Waals surface area contributed by atoms with Crippen molar-refractivity contribution in [1.82, 2.24) is 9.97 Å². The van der Waals surface area contributed by atoms with E-state index in [9.17, 15) is 0 Å². The molecule has 1 heterocycles. The molecule has 1 aliphatic rings. The summed E-state index contributed by atoms with van der Waals surface area (Å²) < 4.78 is 0. The number of aryl methyl sites for hydroxylation is 1. The lowest BCUT2D eigenvalue weighted by atomic mass is 10.1. The summed E-state index contributed by atoms with van der Waals surface area (Å²) in [4.78, 5) is 11.2. The Morgan fingerprint density at radius 3 is 2.63 bits per heavy atom. The Kier molecular flexibility index (Phi) is 4.58. The number of hydrogen-bond acceptors (Lipinski definition) is 5. The van der Waals surface area contributed by atoms with Crippen LogP contribution in [0.15, 0.2) is 6.07 Å². The average molecular weight is 263 g/mol. The van der Waals surface area contributed by atoms with E-state index in [1.54, 1.807) is 0 Å². The minimum Gasteiger partial charge on any atom is -0.353 e. The minimum absolute atomic E-state index is 0.502. The molecule has 19 heavy (non-hydrogen) atoms. The smallest absolute Gasteiger partial charge is 0.239 e. The molecule has 5 heteroatoms. The highest BCUT2D eigenvalue weighted by molar-refractivity contribution is 5.45. The van der Waals surface area contributed by atoms with E-state index in [0.717, 1.165) is 18.1 Å². The normalized spacial score (nSPS) is 16.1. The minimum atomic E-state index is 0.502. The van der Waals surface area contributed by atoms with Gasteiger partial charge in [-0.25, -0.2) is 10.8 Å². The largest absolute Gasteiger partial charge is 0.353 e. The Bertz CT molecular complexity index is 412. The number of nitrogens with zero attached hydrogens (tertiary/aromatic N) is 3. The Labute approximate surface area is 115 Å². The molecule has 0 spiro atoms. The summed E-state index contributed by atoms with van der Waals surface area (Å²) in [5.41, 5.74) is 3.51. The van der Waals surface area contributed by atoms with Crippen LogP contribution in [0.4, 0.5) is 11.8 Å². The van der Waals surface area contributed by atoms with Crippen molar-refractivity contribution in [3.05, 3.63) is 11.8 Å². The molecule has 1 fully saturated rings. The van der Waals surface area contributed by atoms with Gasteiger partial charge >= 0.3 is 0 Å². The summed E-state index contributed by atoms with van der Waals surface area (Å²) in [6.07, 6.45) is 5.18. The molecule has 1 aromatic heterocycles. The van der Waals surface area contributed by atoms with Crippen molar-refractivity contribution in [2.45, 2.75) is 52.5 Å². The van der Waals surface area contributed by atoms with Gasteiger partial charge in [0.1, 0.15) is 5.82 Å². The molecule has 5 nitrogen and oxygen atoms in total. The molecule has 0 saturated heterocycles. The molecule has 1 aromatic rings. The monoisotopic (exact) mass is 263 g/mol. The van der Waals surface area contributed by atoms with Gasteiger partial charge in [-0.05, 0) is 25.7 Å². The lowest BCUT2D eigenvalue weighted by Gasteiger charge is -2.32. The van der Waals surface area contributed by atoms with Crippen LogP contribution in [0.1, 0.15) is 45.2 Å². The molecule has 1 aliphatic carbocycles. The van der Waals surface area contributed by atoms with E-state index in [1.165, 1.54) is 25.7 Å². The summed E-state index contributed by atoms with van der Waals surface area (Å²) in [6, 6.07) is 2.67. The molecule has 0 bridgehead atoms. The Morgan fingerprint density at radius 2 is 2.05 bits per heavy atom. The maximum Gasteiger partial charge on any atom is 0.239 e. The van der Waals surface area contributed by atoms with Crippen LogP contribution in [-0.4, -0.2) is 22.6 Å². The molecule has 0 aliphatic heterocycles. The SMILES string of the molecule is Cc1cc(N(CC(C)C)C2CCCC2)nc(NN)n1. The number of nitrogens with two attached hydrogens (primary N) is 1. The second kappa shape index (κ2) is 6.19. The lowest BCUT2D eigenvalue weighted by molar-refractivity contribution is 0.531. The third-order valence-electron chi connectivity index (χ3n) is 3.59. The first kappa shape index (κ1) is 14.1. The number of aromatic nitrogens is 2. The molecule has 0 unspecified atom stereocenters. The summed E-state index contributed by atoms with van der Waals surface area (Å²) >= 11 is 0. The van der Waals surface area contributed by atoms with Crippen molar-refractivity contribution in [3.63, 3.8) is 0 Å². The Morgan fingerprint density at radius 1 is 1.37 bits per heavy atom. The highest BCUT2D eigenvalue weighted by atomic mass is 15.3. The van der Waals surface area contributed by atoms with Crippen LogP contribution in [0.3, 0.4) is 0 Å². The molecule has 106 valence electrons. The molecular weight excluding hydrogens is 238 g/mol. The summed E-state index contributed by atoms with van der Waals surface area (Å²) in [7, 11) is 0. The highest BCUT2D eigenvalue weighted by Gasteiger charge is 2.24. The highest BCUT2D eigenvalue weighted by Crippen LogP contribution is 2.28. The third-order valence-corrected chi connectivity index (χ3v) is 3.59. The average Bonchev–Trinajstić information content (AvgIpc) is 2.88. The van der Waals surface area contributed by atoms with E-state index in [-0.39, 0.29) is 0 Å². The van der Waals surface area contributed by atoms with Gasteiger partial charge in [-0.3, -0.25) is 5.43 Å². The number of hydrogen-bond donors (Lipinski definition) is 2. The predicted octanol–water partition coefficient (Wildman–Crippen LogP) is 2.48. The van der Waals surface area contributed by atoms with Crippen LogP contribution >= 0.6 is 0 Å². The van der Waals surface area contributed by atoms with Gasteiger partial charge in [0.15, 0.2) is 0 Å². The lowest BCUT2D eigenvalue weighted by Crippen LogP contribution is -2.37. The molecule has 0 radical (unpaired) electrons. The molecule has 0 aromatic carbocycles. The molecule has 3 N–H and O–H groups in total. The number of nitrogen functional groups attached to an aromatic ring is 1. The van der Waals surface area contributed by atoms with E-state index < -0.39 is 0 Å². The van der Waals surface area contributed by atoms with Crippen LogP contribution in [-0.2, 0) is 0 Å². The van der Waals surface area contributed by atoms with Gasteiger partial charge in [-0.15, -0.1) is 0 Å². The van der Waals surface area contributed by atoms with Crippen LogP contribution in [0.25, 0.3) is 0 Å². The number of rotatable bonds is 5. The van der Waals surface area contributed by atoms with Gasteiger partial charge in [0.25, 0.3) is 0 Å². The van der Waals surface area contributed by atoms with Gasteiger partial charge in [0, 0.05) is 24.3 Å². The van der Waals surface area contributed by atoms with E-state index in [4.69, 9.17) is 5.84 Å². The number of anilines is 2. The van der Waals surface area contributed by atoms with Crippen LogP contribution < -0.4 is 16.2 Å². The molecule has 2 rings (SSSR count). The van der Waals surface area contributed by atoms with Crippen LogP contribution in [0, 0.1) is 12.8 Å². The first-order chi connectivity index (χ1) is 9.10. The first-order valence-electron chi connectivity index (χ1n) is 7.19. The fourth-order valence-corrected chi connectivity index (χ4v) is 2.80. The van der Waals surface area contributed by atoms with Crippen molar-refractivity contribution in [3.8, 4) is 0 Å². The zero-order chi connectivity index (χ0) is 13.8. The van der Waals surface area contributed by atoms with Gasteiger partial charge in [-0.2, -0.15) is 4.98 Å². The first-order valence-corrected chi connectivity index (χ1v) is 7.19. The van der Waals surface area contributed by atoms with Gasteiger partial charge < -0.3 is 4.90 Å². The van der Waals surface area contributed by atoms with Crippen LogP contribution in [0.2, 0.25) is 0 Å². The van der Waals surface area contributed by atoms with Gasteiger partial charge in [0.05, 0.1) is 0 Å². The fourth-order valence-electron chi connectivity index (χ4n) is 2.80.